The van der Waals surface area contributed by atoms with Crippen LogP contribution in [0, 0.1) is 0 Å². The van der Waals surface area contributed by atoms with E-state index in [2.05, 4.69) is 46.6 Å². The zero-order chi connectivity index (χ0) is 17.0. The Kier molecular flexibility index (Phi) is 3.40. The van der Waals surface area contributed by atoms with E-state index in [1.807, 2.05) is 23.9 Å². The summed E-state index contributed by atoms with van der Waals surface area (Å²) in [5.41, 5.74) is 11.6. The number of rotatable bonds is 1. The Morgan fingerprint density at radius 2 is 2.04 bits per heavy atom. The second-order valence-electron chi connectivity index (χ2n) is 6.75. The third kappa shape index (κ3) is 2.30. The fraction of sp³-hybridized carbons (Fsp3) is 0.250. The molecular formula is C20H19N3OS. The fourth-order valence-corrected chi connectivity index (χ4v) is 5.06. The van der Waals surface area contributed by atoms with Crippen LogP contribution in [0.3, 0.4) is 0 Å². The molecule has 0 bridgehead atoms. The summed E-state index contributed by atoms with van der Waals surface area (Å²) in [6, 6.07) is 14.3. The first kappa shape index (κ1) is 15.0. The van der Waals surface area contributed by atoms with Crippen LogP contribution >= 0.6 is 11.8 Å². The van der Waals surface area contributed by atoms with Gasteiger partial charge in [-0.05, 0) is 41.3 Å². The third-order valence-electron chi connectivity index (χ3n) is 5.26. The third-order valence-corrected chi connectivity index (χ3v) is 6.42. The van der Waals surface area contributed by atoms with Crippen LogP contribution in [0.1, 0.15) is 33.9 Å². The summed E-state index contributed by atoms with van der Waals surface area (Å²) < 4.78 is 0. The average molecular weight is 349 g/mol. The molecular weight excluding hydrogens is 330 g/mol. The number of nitrogens with two attached hydrogens (primary N) is 1. The number of anilines is 1. The van der Waals surface area contributed by atoms with E-state index in [9.17, 15) is 4.79 Å². The van der Waals surface area contributed by atoms with E-state index in [4.69, 9.17) is 5.73 Å². The number of benzene rings is 2. The minimum atomic E-state index is -0.0884. The van der Waals surface area contributed by atoms with Gasteiger partial charge in [-0.25, -0.2) is 0 Å². The van der Waals surface area contributed by atoms with Gasteiger partial charge in [0.25, 0.3) is 5.91 Å². The standard InChI is InChI=1S/C20H19N3OS/c21-16-8-9-23-18-14(16)5-3-6-15(18)20(24)22-19(23)13-10-12-4-1-2-7-17(12)25-11-13/h1-7,10,16,19H,8-9,11,21H2,(H,22,24)/t16-,19+/m0/s1. The quantitative estimate of drug-likeness (QED) is 0.830. The van der Waals surface area contributed by atoms with E-state index >= 15 is 0 Å². The molecule has 2 atom stereocenters. The molecule has 3 aliphatic rings. The van der Waals surface area contributed by atoms with E-state index in [1.54, 1.807) is 0 Å². The lowest BCUT2D eigenvalue weighted by Gasteiger charge is -2.45. The van der Waals surface area contributed by atoms with Gasteiger partial charge < -0.3 is 16.0 Å². The zero-order valence-electron chi connectivity index (χ0n) is 13.7. The second-order valence-corrected chi connectivity index (χ2v) is 7.77. The molecule has 126 valence electrons. The molecule has 0 saturated carbocycles. The molecule has 25 heavy (non-hydrogen) atoms. The summed E-state index contributed by atoms with van der Waals surface area (Å²) in [4.78, 5) is 16.3. The van der Waals surface area contributed by atoms with E-state index < -0.39 is 0 Å². The molecule has 0 aromatic heterocycles. The van der Waals surface area contributed by atoms with Crippen LogP contribution in [-0.4, -0.2) is 24.4 Å². The van der Waals surface area contributed by atoms with Crippen LogP contribution in [-0.2, 0) is 0 Å². The van der Waals surface area contributed by atoms with Crippen LogP contribution in [0.25, 0.3) is 6.08 Å². The Morgan fingerprint density at radius 1 is 1.16 bits per heavy atom. The lowest BCUT2D eigenvalue weighted by Crippen LogP contribution is -2.56. The molecule has 1 amide bonds. The maximum Gasteiger partial charge on any atom is 0.255 e. The molecule has 3 N–H and O–H groups in total. The van der Waals surface area contributed by atoms with Crippen LogP contribution < -0.4 is 16.0 Å². The van der Waals surface area contributed by atoms with Gasteiger partial charge in [-0.2, -0.15) is 0 Å². The Labute approximate surface area is 151 Å². The molecule has 2 aromatic carbocycles. The number of para-hydroxylation sites is 1. The summed E-state index contributed by atoms with van der Waals surface area (Å²) in [6.45, 7) is 0.861. The van der Waals surface area contributed by atoms with Crippen molar-refractivity contribution >= 4 is 29.4 Å². The van der Waals surface area contributed by atoms with Crippen molar-refractivity contribution in [2.75, 3.05) is 17.2 Å². The summed E-state index contributed by atoms with van der Waals surface area (Å²) in [6.07, 6.45) is 3.05. The number of nitrogens with one attached hydrogen (secondary N) is 1. The molecule has 0 unspecified atom stereocenters. The van der Waals surface area contributed by atoms with Crippen molar-refractivity contribution in [3.05, 3.63) is 64.7 Å². The average Bonchev–Trinajstić information content (AvgIpc) is 2.66. The highest BCUT2D eigenvalue weighted by Gasteiger charge is 2.38. The van der Waals surface area contributed by atoms with Crippen molar-refractivity contribution in [1.29, 1.82) is 0 Å². The van der Waals surface area contributed by atoms with Crippen molar-refractivity contribution in [2.24, 2.45) is 5.73 Å². The molecule has 5 rings (SSSR count). The Morgan fingerprint density at radius 3 is 2.96 bits per heavy atom. The molecule has 0 radical (unpaired) electrons. The van der Waals surface area contributed by atoms with Crippen molar-refractivity contribution in [2.45, 2.75) is 23.5 Å². The van der Waals surface area contributed by atoms with Gasteiger partial charge in [0.2, 0.25) is 0 Å². The van der Waals surface area contributed by atoms with Crippen molar-refractivity contribution in [1.82, 2.24) is 5.32 Å². The number of carbonyl (C=O) groups excluding carboxylic acids is 1. The Balaban J connectivity index is 1.61. The first-order valence-corrected chi connectivity index (χ1v) is 9.59. The van der Waals surface area contributed by atoms with Gasteiger partial charge in [0.15, 0.2) is 0 Å². The number of nitrogens with zero attached hydrogens (tertiary/aromatic N) is 1. The monoisotopic (exact) mass is 349 g/mol. The van der Waals surface area contributed by atoms with E-state index in [0.29, 0.717) is 0 Å². The molecule has 0 spiro atoms. The largest absolute Gasteiger partial charge is 0.347 e. The van der Waals surface area contributed by atoms with E-state index in [0.717, 1.165) is 35.5 Å². The molecule has 2 aromatic rings. The van der Waals surface area contributed by atoms with Gasteiger partial charge in [-0.3, -0.25) is 4.79 Å². The van der Waals surface area contributed by atoms with Gasteiger partial charge in [-0.1, -0.05) is 30.3 Å². The molecule has 0 saturated heterocycles. The van der Waals surface area contributed by atoms with Gasteiger partial charge in [0, 0.05) is 23.2 Å². The highest BCUT2D eigenvalue weighted by Crippen LogP contribution is 2.41. The van der Waals surface area contributed by atoms with Gasteiger partial charge in [0.05, 0.1) is 11.3 Å². The first-order valence-electron chi connectivity index (χ1n) is 8.60. The summed E-state index contributed by atoms with van der Waals surface area (Å²) in [5, 5.41) is 3.21. The molecule has 4 nitrogen and oxygen atoms in total. The lowest BCUT2D eigenvalue weighted by atomic mass is 9.90. The molecule has 0 aliphatic carbocycles. The van der Waals surface area contributed by atoms with Gasteiger partial charge in [0.1, 0.15) is 6.17 Å². The minimum Gasteiger partial charge on any atom is -0.347 e. The smallest absolute Gasteiger partial charge is 0.255 e. The topological polar surface area (TPSA) is 58.4 Å². The van der Waals surface area contributed by atoms with Crippen molar-refractivity contribution < 1.29 is 4.79 Å². The number of carbonyl (C=O) groups is 1. The summed E-state index contributed by atoms with van der Waals surface area (Å²) in [5.74, 6) is 0.888. The number of fused-ring (bicyclic) bond motifs is 1. The van der Waals surface area contributed by atoms with Crippen molar-refractivity contribution in [3.8, 4) is 0 Å². The minimum absolute atomic E-state index is 0.00282. The number of hydrogen-bond acceptors (Lipinski definition) is 4. The molecule has 3 heterocycles. The predicted molar refractivity (Wildman–Crippen MR) is 102 cm³/mol. The van der Waals surface area contributed by atoms with Crippen molar-refractivity contribution in [3.63, 3.8) is 0 Å². The van der Waals surface area contributed by atoms with Crippen LogP contribution in [0.5, 0.6) is 0 Å². The number of thioether (sulfide) groups is 1. The summed E-state index contributed by atoms with van der Waals surface area (Å²) in [7, 11) is 0. The highest BCUT2D eigenvalue weighted by molar-refractivity contribution is 7.99. The fourth-order valence-electron chi connectivity index (χ4n) is 4.03. The first-order chi connectivity index (χ1) is 12.2. The summed E-state index contributed by atoms with van der Waals surface area (Å²) >= 11 is 1.84. The second kappa shape index (κ2) is 5.64. The normalized spacial score (nSPS) is 24.1. The van der Waals surface area contributed by atoms with Crippen LogP contribution in [0.4, 0.5) is 5.69 Å². The SMILES string of the molecule is N[C@H]1CCN2c3c(cccc31)C(=O)N[C@H]2C1=Cc2ccccc2SC1. The molecule has 5 heteroatoms. The number of hydrogen-bond donors (Lipinski definition) is 2. The molecule has 0 fully saturated rings. The zero-order valence-corrected chi connectivity index (χ0v) is 14.6. The molecule has 3 aliphatic heterocycles. The van der Waals surface area contributed by atoms with Crippen LogP contribution in [0.2, 0.25) is 0 Å². The predicted octanol–water partition coefficient (Wildman–Crippen LogP) is 3.16. The van der Waals surface area contributed by atoms with Gasteiger partial charge >= 0.3 is 0 Å². The van der Waals surface area contributed by atoms with E-state index in [1.165, 1.54) is 16.0 Å². The maximum atomic E-state index is 12.7. The number of amides is 1. The van der Waals surface area contributed by atoms with Crippen LogP contribution in [0.15, 0.2) is 52.9 Å². The maximum absolute atomic E-state index is 12.7. The Hall–Kier alpha value is -2.24. The Bertz CT molecular complexity index is 908. The van der Waals surface area contributed by atoms with E-state index in [-0.39, 0.29) is 18.1 Å². The highest BCUT2D eigenvalue weighted by atomic mass is 32.2. The van der Waals surface area contributed by atoms with Gasteiger partial charge in [-0.15, -0.1) is 11.8 Å². The lowest BCUT2D eigenvalue weighted by molar-refractivity contribution is 0.0932.